The van der Waals surface area contributed by atoms with E-state index in [-0.39, 0.29) is 60.9 Å². The third-order valence-electron chi connectivity index (χ3n) is 14.8. The molecule has 16 heteroatoms. The highest BCUT2D eigenvalue weighted by atomic mass is 31.2. The number of esters is 1. The van der Waals surface area contributed by atoms with Crippen LogP contribution in [0.1, 0.15) is 126 Å². The second-order valence-corrected chi connectivity index (χ2v) is 23.6. The predicted molar refractivity (Wildman–Crippen MR) is 263 cm³/mol. The summed E-state index contributed by atoms with van der Waals surface area (Å²) in [4.78, 5) is 72.2. The maximum absolute atomic E-state index is 14.5. The van der Waals surface area contributed by atoms with E-state index in [1.54, 1.807) is 54.4 Å². The zero-order valence-electron chi connectivity index (χ0n) is 43.4. The van der Waals surface area contributed by atoms with E-state index in [9.17, 15) is 38.8 Å². The number of Topliss-reactive ketones (excluding diaryl/α,β-unsaturated/α-hetero) is 3. The number of rotatable bonds is 8. The Hall–Kier alpha value is -3.14. The summed E-state index contributed by atoms with van der Waals surface area (Å²) >= 11 is 0. The molecule has 1 saturated carbocycles. The number of hydrogen-bond donors (Lipinski definition) is 2. The molecule has 3 aliphatic heterocycles. The Labute approximate surface area is 411 Å². The van der Waals surface area contributed by atoms with Gasteiger partial charge in [0, 0.05) is 71.8 Å². The van der Waals surface area contributed by atoms with E-state index in [1.165, 1.54) is 12.0 Å². The summed E-state index contributed by atoms with van der Waals surface area (Å²) in [5.41, 5.74) is 1.25. The second kappa shape index (κ2) is 26.5. The number of aliphatic hydroxyl groups is 2. The van der Waals surface area contributed by atoms with E-state index in [2.05, 4.69) is 0 Å². The summed E-state index contributed by atoms with van der Waals surface area (Å²) in [6, 6.07) is -1.16. The predicted octanol–water partition coefficient (Wildman–Crippen LogP) is 7.74. The molecule has 0 radical (unpaired) electrons. The highest BCUT2D eigenvalue weighted by Crippen LogP contribution is 2.45. The third kappa shape index (κ3) is 16.2. The fourth-order valence-electron chi connectivity index (χ4n) is 10.5. The van der Waals surface area contributed by atoms with Crippen LogP contribution in [0.3, 0.4) is 0 Å². The van der Waals surface area contributed by atoms with Crippen LogP contribution in [0.4, 0.5) is 0 Å². The average molecular weight is 990 g/mol. The molecule has 2 saturated heterocycles. The zero-order chi connectivity index (χ0) is 51.4. The summed E-state index contributed by atoms with van der Waals surface area (Å²) in [7, 11) is 1.76. The van der Waals surface area contributed by atoms with Crippen LogP contribution in [0.25, 0.3) is 0 Å². The molecule has 0 spiro atoms. The first kappa shape index (κ1) is 58.4. The molecular weight excluding hydrogens is 906 g/mol. The summed E-state index contributed by atoms with van der Waals surface area (Å²) in [5, 5.41) is 23.5. The van der Waals surface area contributed by atoms with Crippen molar-refractivity contribution in [1.82, 2.24) is 4.90 Å². The number of allylic oxidation sites excluding steroid dienone is 6. The smallest absolute Gasteiger partial charge is 0.329 e. The minimum atomic E-state index is -2.79. The van der Waals surface area contributed by atoms with Gasteiger partial charge in [0.25, 0.3) is 11.7 Å². The van der Waals surface area contributed by atoms with E-state index in [0.717, 1.165) is 12.0 Å². The molecule has 15 unspecified atom stereocenters. The van der Waals surface area contributed by atoms with Gasteiger partial charge in [-0.05, 0) is 107 Å². The highest BCUT2D eigenvalue weighted by Gasteiger charge is 2.53. The molecule has 2 N–H and O–H groups in total. The van der Waals surface area contributed by atoms with Crippen molar-refractivity contribution in [2.75, 3.05) is 41.2 Å². The van der Waals surface area contributed by atoms with Gasteiger partial charge in [0.2, 0.25) is 5.79 Å². The molecule has 390 valence electrons. The normalized spacial score (nSPS) is 39.0. The number of nitrogens with zero attached hydrogens (tertiary/aromatic N) is 1. The van der Waals surface area contributed by atoms with Crippen molar-refractivity contribution in [2.45, 2.75) is 180 Å². The molecule has 1 amide bonds. The number of carbonyl (C=O) groups is 5. The molecule has 4 rings (SSSR count). The molecule has 4 aliphatic rings. The Kier molecular flexibility index (Phi) is 22.5. The Balaban J connectivity index is 1.70. The number of piperidine rings is 1. The number of amides is 1. The molecular formula is C53H84NO14P. The first-order valence-corrected chi connectivity index (χ1v) is 27.7. The molecule has 1 aliphatic carbocycles. The van der Waals surface area contributed by atoms with Crippen molar-refractivity contribution < 1.29 is 67.0 Å². The van der Waals surface area contributed by atoms with Gasteiger partial charge >= 0.3 is 5.97 Å². The van der Waals surface area contributed by atoms with Gasteiger partial charge in [-0.3, -0.25) is 23.7 Å². The molecule has 15 nitrogen and oxygen atoms in total. The van der Waals surface area contributed by atoms with Crippen LogP contribution in [0.5, 0.6) is 0 Å². The number of methoxy groups -OCH3 is 3. The zero-order valence-corrected chi connectivity index (χ0v) is 44.3. The van der Waals surface area contributed by atoms with Gasteiger partial charge in [-0.15, -0.1) is 0 Å². The van der Waals surface area contributed by atoms with Gasteiger partial charge in [-0.1, -0.05) is 71.1 Å². The Morgan fingerprint density at radius 1 is 0.855 bits per heavy atom. The van der Waals surface area contributed by atoms with Crippen LogP contribution in [-0.2, 0) is 56.7 Å². The largest absolute Gasteiger partial charge is 0.460 e. The van der Waals surface area contributed by atoms with Crippen LogP contribution in [0, 0.1) is 35.5 Å². The molecule has 3 heterocycles. The van der Waals surface area contributed by atoms with E-state index in [0.29, 0.717) is 63.4 Å². The fourth-order valence-corrected chi connectivity index (χ4v) is 11.4. The first-order chi connectivity index (χ1) is 32.4. The lowest BCUT2D eigenvalue weighted by atomic mass is 9.78. The standard InChI is InChI=1S/C53H84NO14P/c1-32-18-14-13-15-19-33(2)44(63-8)30-40-23-21-38(7)53(61,67-40)50(58)51(59)54-25-17-16-20-41(54)52(60)66-45(35(4)28-39-22-24-43(46(29-39)64-9)68-69(11,12)62)31-42(55)34(3)27-37(6)48(57)49(65-10)47(56)36(5)26-32/h13-15,18-19,27,32,34-36,38-41,43-46,48-49,57,61H,16-17,20-26,28-31H2,1-12H3/b15-13+,18-14+,33-19+,37-27-. The summed E-state index contributed by atoms with van der Waals surface area (Å²) in [6.07, 6.45) is 11.4. The van der Waals surface area contributed by atoms with Gasteiger partial charge in [-0.25, -0.2) is 4.79 Å². The van der Waals surface area contributed by atoms with Crippen molar-refractivity contribution >= 4 is 36.6 Å². The summed E-state index contributed by atoms with van der Waals surface area (Å²) < 4.78 is 48.2. The maximum Gasteiger partial charge on any atom is 0.329 e. The summed E-state index contributed by atoms with van der Waals surface area (Å²) in [5.74, 6) is -8.11. The van der Waals surface area contributed by atoms with Crippen molar-refractivity contribution in [3.8, 4) is 0 Å². The maximum atomic E-state index is 14.5. The lowest BCUT2D eigenvalue weighted by Crippen LogP contribution is -2.61. The number of cyclic esters (lactones) is 1. The van der Waals surface area contributed by atoms with E-state index < -0.39 is 85.1 Å². The number of hydrogen-bond acceptors (Lipinski definition) is 14. The molecule has 2 bridgehead atoms. The molecule has 0 aromatic rings. The van der Waals surface area contributed by atoms with Gasteiger partial charge in [0.05, 0.1) is 24.4 Å². The number of carbonyl (C=O) groups excluding carboxylic acids is 5. The number of fused-ring (bicyclic) bond motifs is 3. The first-order valence-electron chi connectivity index (χ1n) is 25.2. The van der Waals surface area contributed by atoms with Crippen LogP contribution in [0.2, 0.25) is 0 Å². The van der Waals surface area contributed by atoms with E-state index in [4.69, 9.17) is 28.2 Å². The third-order valence-corrected chi connectivity index (χ3v) is 15.6. The molecule has 69 heavy (non-hydrogen) atoms. The minimum absolute atomic E-state index is 0.0117. The van der Waals surface area contributed by atoms with Crippen LogP contribution in [0.15, 0.2) is 47.6 Å². The van der Waals surface area contributed by atoms with Gasteiger partial charge in [-0.2, -0.15) is 0 Å². The molecule has 0 aromatic heterocycles. The van der Waals surface area contributed by atoms with Gasteiger partial charge in [0.1, 0.15) is 30.1 Å². The van der Waals surface area contributed by atoms with Crippen LogP contribution < -0.4 is 0 Å². The van der Waals surface area contributed by atoms with Crippen molar-refractivity contribution in [1.29, 1.82) is 0 Å². The monoisotopic (exact) mass is 990 g/mol. The quantitative estimate of drug-likeness (QED) is 0.104. The minimum Gasteiger partial charge on any atom is -0.460 e. The average Bonchev–Trinajstić information content (AvgIpc) is 3.30. The Bertz CT molecular complexity index is 1940. The van der Waals surface area contributed by atoms with Gasteiger partial charge in [0.15, 0.2) is 13.2 Å². The molecule has 15 atom stereocenters. The fraction of sp³-hybridized carbons (Fsp3) is 0.755. The SMILES string of the molecule is COC1CC2CCC(C)C(O)(O2)C(=O)C(=O)N2CCCCC2C(=O)OC(C(C)CC2CCC(OP(C)(C)=O)C(OC)C2)CC(=O)C(C)/C=C(/C)C(O)C(OC)C(=O)C(C)CC(C)/C=C/C=C/C=C/1C. The number of ketones is 3. The Morgan fingerprint density at radius 3 is 2.22 bits per heavy atom. The highest BCUT2D eigenvalue weighted by molar-refractivity contribution is 7.57. The molecule has 3 fully saturated rings. The van der Waals surface area contributed by atoms with Crippen LogP contribution >= 0.6 is 7.37 Å². The summed E-state index contributed by atoms with van der Waals surface area (Å²) in [6.45, 7) is 15.9. The molecule has 0 aromatic carbocycles. The topological polar surface area (TPSA) is 201 Å². The second-order valence-electron chi connectivity index (χ2n) is 20.9. The number of ether oxygens (including phenoxy) is 5. The number of aliphatic hydroxyl groups excluding tert-OH is 1. The lowest BCUT2D eigenvalue weighted by Gasteiger charge is -2.42. The van der Waals surface area contributed by atoms with E-state index >= 15 is 0 Å². The van der Waals surface area contributed by atoms with Crippen molar-refractivity contribution in [3.63, 3.8) is 0 Å². The van der Waals surface area contributed by atoms with Crippen LogP contribution in [-0.4, -0.2) is 140 Å². The van der Waals surface area contributed by atoms with Crippen molar-refractivity contribution in [2.24, 2.45) is 35.5 Å². The van der Waals surface area contributed by atoms with E-state index in [1.807, 2.05) is 58.1 Å². The lowest BCUT2D eigenvalue weighted by molar-refractivity contribution is -0.265. The van der Waals surface area contributed by atoms with Crippen molar-refractivity contribution in [3.05, 3.63) is 47.6 Å². The van der Waals surface area contributed by atoms with Gasteiger partial charge < -0.3 is 43.3 Å². The Morgan fingerprint density at radius 2 is 1.57 bits per heavy atom.